The number of rotatable bonds is 72. The van der Waals surface area contributed by atoms with E-state index in [9.17, 15) is 43.2 Å². The molecule has 0 aliphatic heterocycles. The highest BCUT2D eigenvalue weighted by atomic mass is 31.2. The molecular formula is C74H144O17P2. The summed E-state index contributed by atoms with van der Waals surface area (Å²) in [7, 11) is -9.91. The van der Waals surface area contributed by atoms with E-state index >= 15 is 0 Å². The summed E-state index contributed by atoms with van der Waals surface area (Å²) in [5.74, 6) is 0.162. The summed E-state index contributed by atoms with van der Waals surface area (Å²) in [6, 6.07) is 0. The maximum atomic E-state index is 13.1. The molecule has 0 fully saturated rings. The van der Waals surface area contributed by atoms with Crippen LogP contribution in [-0.2, 0) is 65.4 Å². The molecule has 0 aliphatic carbocycles. The van der Waals surface area contributed by atoms with Crippen LogP contribution in [0.3, 0.4) is 0 Å². The number of aliphatic hydroxyl groups excluding tert-OH is 1. The number of phosphoric acid groups is 2. The average molecular weight is 1370 g/mol. The van der Waals surface area contributed by atoms with Crippen LogP contribution in [0.25, 0.3) is 0 Å². The molecule has 0 spiro atoms. The highest BCUT2D eigenvalue weighted by Crippen LogP contribution is 2.45. The molecule has 0 rings (SSSR count). The Balaban J connectivity index is 5.24. The number of carbonyl (C=O) groups is 4. The zero-order valence-corrected chi connectivity index (χ0v) is 62.5. The zero-order valence-electron chi connectivity index (χ0n) is 60.7. The monoisotopic (exact) mass is 1370 g/mol. The second kappa shape index (κ2) is 64.7. The van der Waals surface area contributed by atoms with E-state index < -0.39 is 97.5 Å². The lowest BCUT2D eigenvalue weighted by Crippen LogP contribution is -2.30. The predicted octanol–water partition coefficient (Wildman–Crippen LogP) is 21.4. The fourth-order valence-corrected chi connectivity index (χ4v) is 12.8. The van der Waals surface area contributed by atoms with Crippen molar-refractivity contribution in [2.24, 2.45) is 17.8 Å². The van der Waals surface area contributed by atoms with Crippen molar-refractivity contribution >= 4 is 39.5 Å². The first-order chi connectivity index (χ1) is 44.7. The van der Waals surface area contributed by atoms with Gasteiger partial charge in [-0.15, -0.1) is 0 Å². The van der Waals surface area contributed by atoms with E-state index in [4.69, 9.17) is 37.0 Å². The Morgan fingerprint density at radius 2 is 0.495 bits per heavy atom. The molecule has 5 atom stereocenters. The molecule has 19 heteroatoms. The van der Waals surface area contributed by atoms with Crippen molar-refractivity contribution in [1.29, 1.82) is 0 Å². The molecule has 0 aromatic rings. The normalized spacial score (nSPS) is 14.1. The first-order valence-corrected chi connectivity index (χ1v) is 41.3. The van der Waals surface area contributed by atoms with E-state index in [1.807, 2.05) is 0 Å². The summed E-state index contributed by atoms with van der Waals surface area (Å²) in [6.45, 7) is 11.9. The second-order valence-electron chi connectivity index (χ2n) is 28.1. The summed E-state index contributed by atoms with van der Waals surface area (Å²) >= 11 is 0. The van der Waals surface area contributed by atoms with Crippen LogP contribution in [0.1, 0.15) is 376 Å². The molecule has 0 bridgehead atoms. The molecule has 93 heavy (non-hydrogen) atoms. The van der Waals surface area contributed by atoms with Gasteiger partial charge in [-0.1, -0.05) is 325 Å². The van der Waals surface area contributed by atoms with Crippen LogP contribution in [0.15, 0.2) is 0 Å². The third kappa shape index (κ3) is 68.4. The predicted molar refractivity (Wildman–Crippen MR) is 377 cm³/mol. The number of phosphoric ester groups is 2. The van der Waals surface area contributed by atoms with Crippen LogP contribution in [0.2, 0.25) is 0 Å². The number of hydrogen-bond acceptors (Lipinski definition) is 15. The van der Waals surface area contributed by atoms with Crippen LogP contribution >= 0.6 is 15.6 Å². The molecule has 0 aromatic carbocycles. The van der Waals surface area contributed by atoms with Gasteiger partial charge >= 0.3 is 39.5 Å². The molecule has 0 radical (unpaired) electrons. The van der Waals surface area contributed by atoms with Gasteiger partial charge in [0.05, 0.1) is 26.4 Å². The number of ether oxygens (including phenoxy) is 4. The summed E-state index contributed by atoms with van der Waals surface area (Å²) < 4.78 is 68.4. The second-order valence-corrected chi connectivity index (χ2v) is 31.0. The van der Waals surface area contributed by atoms with Gasteiger partial charge in [0.2, 0.25) is 0 Å². The highest BCUT2D eigenvalue weighted by Gasteiger charge is 2.30. The van der Waals surface area contributed by atoms with Gasteiger partial charge in [0, 0.05) is 25.7 Å². The lowest BCUT2D eigenvalue weighted by atomic mass is 10.0. The van der Waals surface area contributed by atoms with Crippen LogP contribution in [0.4, 0.5) is 0 Å². The Labute approximate surface area is 568 Å². The fraction of sp³-hybridized carbons (Fsp3) is 0.946. The van der Waals surface area contributed by atoms with Crippen LogP contribution in [0.5, 0.6) is 0 Å². The first-order valence-electron chi connectivity index (χ1n) is 38.3. The van der Waals surface area contributed by atoms with Crippen molar-refractivity contribution in [3.63, 3.8) is 0 Å². The van der Waals surface area contributed by atoms with Crippen molar-refractivity contribution in [2.75, 3.05) is 39.6 Å². The number of unbranched alkanes of at least 4 members (excludes halogenated alkanes) is 40. The van der Waals surface area contributed by atoms with Gasteiger partial charge in [0.15, 0.2) is 12.2 Å². The molecule has 0 amide bonds. The molecular weight excluding hydrogens is 1220 g/mol. The van der Waals surface area contributed by atoms with E-state index in [1.54, 1.807) is 0 Å². The number of aliphatic hydroxyl groups is 1. The van der Waals surface area contributed by atoms with Gasteiger partial charge < -0.3 is 33.8 Å². The highest BCUT2D eigenvalue weighted by molar-refractivity contribution is 7.47. The standard InChI is InChI=1S/C74H144O17P2/c1-8-9-10-11-12-13-19-27-34-41-48-55-71(76)84-61-70(91-74(79)58-51-44-37-30-23-26-33-40-47-54-67(6)7)64-89-93(82,83)87-60-68(75)59-86-92(80,81)88-63-69(62-85-72(77)56-49-42-35-29-22-25-32-39-46-53-66(4)5)90-73(78)57-50-43-36-28-21-18-16-14-15-17-20-24-31-38-45-52-65(2)3/h65-70,75H,8-64H2,1-7H3,(H,80,81)(H,82,83)/t68-,69-,70-/m1/s1. The van der Waals surface area contributed by atoms with Gasteiger partial charge in [0.25, 0.3) is 0 Å². The maximum Gasteiger partial charge on any atom is 0.472 e. The van der Waals surface area contributed by atoms with Crippen molar-refractivity contribution < 1.29 is 80.2 Å². The van der Waals surface area contributed by atoms with Gasteiger partial charge in [-0.05, 0) is 43.4 Å². The minimum Gasteiger partial charge on any atom is -0.462 e. The number of carbonyl (C=O) groups excluding carboxylic acids is 4. The van der Waals surface area contributed by atoms with Gasteiger partial charge in [-0.3, -0.25) is 37.3 Å². The Bertz CT molecular complexity index is 1820. The van der Waals surface area contributed by atoms with Crippen LogP contribution in [-0.4, -0.2) is 96.7 Å². The summed E-state index contributed by atoms with van der Waals surface area (Å²) in [4.78, 5) is 72.7. The van der Waals surface area contributed by atoms with E-state index in [0.717, 1.165) is 108 Å². The van der Waals surface area contributed by atoms with Gasteiger partial charge in [0.1, 0.15) is 19.3 Å². The first kappa shape index (κ1) is 91.1. The van der Waals surface area contributed by atoms with E-state index in [0.29, 0.717) is 25.7 Å². The van der Waals surface area contributed by atoms with Crippen molar-refractivity contribution in [2.45, 2.75) is 394 Å². The quantitative estimate of drug-likeness (QED) is 0.0222. The molecule has 0 saturated heterocycles. The zero-order chi connectivity index (χ0) is 68.7. The minimum atomic E-state index is -4.96. The van der Waals surface area contributed by atoms with E-state index in [1.165, 1.54) is 186 Å². The minimum absolute atomic E-state index is 0.105. The van der Waals surface area contributed by atoms with Gasteiger partial charge in [-0.25, -0.2) is 9.13 Å². The van der Waals surface area contributed by atoms with E-state index in [-0.39, 0.29) is 25.7 Å². The lowest BCUT2D eigenvalue weighted by Gasteiger charge is -2.21. The molecule has 0 aliphatic rings. The Morgan fingerprint density at radius 3 is 0.731 bits per heavy atom. The van der Waals surface area contributed by atoms with Crippen LogP contribution < -0.4 is 0 Å². The number of esters is 4. The Hall–Kier alpha value is -1.94. The Morgan fingerprint density at radius 1 is 0.290 bits per heavy atom. The molecule has 3 N–H and O–H groups in total. The maximum absolute atomic E-state index is 13.1. The van der Waals surface area contributed by atoms with Crippen molar-refractivity contribution in [3.8, 4) is 0 Å². The van der Waals surface area contributed by atoms with Crippen LogP contribution in [0, 0.1) is 17.8 Å². The van der Waals surface area contributed by atoms with Crippen molar-refractivity contribution in [3.05, 3.63) is 0 Å². The number of hydrogen-bond donors (Lipinski definition) is 3. The molecule has 17 nitrogen and oxygen atoms in total. The summed E-state index contributed by atoms with van der Waals surface area (Å²) in [6.07, 6.45) is 49.9. The topological polar surface area (TPSA) is 237 Å². The molecule has 0 heterocycles. The largest absolute Gasteiger partial charge is 0.472 e. The summed E-state index contributed by atoms with van der Waals surface area (Å²) in [5, 5.41) is 10.6. The third-order valence-electron chi connectivity index (χ3n) is 17.1. The fourth-order valence-electron chi connectivity index (χ4n) is 11.2. The van der Waals surface area contributed by atoms with E-state index in [2.05, 4.69) is 48.5 Å². The SMILES string of the molecule is CCCCCCCCCCCCCC(=O)OC[C@H](COP(=O)(O)OC[C@H](O)COP(=O)(O)OC[C@@H](COC(=O)CCCCCCCCCCCC(C)C)OC(=O)CCCCCCCCCCCCCCCCCC(C)C)OC(=O)CCCCCCCCCCCC(C)C. The average Bonchev–Trinajstić information content (AvgIpc) is 1.62. The third-order valence-corrected chi connectivity index (χ3v) is 19.0. The summed E-state index contributed by atoms with van der Waals surface area (Å²) in [5.41, 5.74) is 0. The molecule has 0 saturated carbocycles. The van der Waals surface area contributed by atoms with Crippen molar-refractivity contribution in [1.82, 2.24) is 0 Å². The molecule has 552 valence electrons. The molecule has 0 aromatic heterocycles. The smallest absolute Gasteiger partial charge is 0.462 e. The molecule has 2 unspecified atom stereocenters. The lowest BCUT2D eigenvalue weighted by molar-refractivity contribution is -0.161. The van der Waals surface area contributed by atoms with Gasteiger partial charge in [-0.2, -0.15) is 0 Å². The Kier molecular flexibility index (Phi) is 63.4.